The summed E-state index contributed by atoms with van der Waals surface area (Å²) in [6.45, 7) is 1.97. The van der Waals surface area contributed by atoms with Crippen molar-refractivity contribution in [3.8, 4) is 0 Å². The number of benzene rings is 1. The molecule has 7 heteroatoms. The molecular weight excluding hydrogens is 340 g/mol. The zero-order valence-corrected chi connectivity index (χ0v) is 12.3. The molecule has 0 aliphatic carbocycles. The van der Waals surface area contributed by atoms with Crippen molar-refractivity contribution in [2.24, 2.45) is 0 Å². The zero-order chi connectivity index (χ0) is 14.8. The summed E-state index contributed by atoms with van der Waals surface area (Å²) in [6.07, 6.45) is -4.42. The highest BCUT2D eigenvalue weighted by Gasteiger charge is 2.32. The van der Waals surface area contributed by atoms with Crippen LogP contribution < -0.4 is 5.32 Å². The SMILES string of the molecule is FC[C@@H](c1cc(C(F)(F)F)ccc1Br)N1CCNCC1. The van der Waals surface area contributed by atoms with Gasteiger partial charge in [-0.1, -0.05) is 15.9 Å². The summed E-state index contributed by atoms with van der Waals surface area (Å²) in [7, 11) is 0. The minimum atomic E-state index is -4.42. The van der Waals surface area contributed by atoms with E-state index in [0.717, 1.165) is 12.1 Å². The monoisotopic (exact) mass is 354 g/mol. The zero-order valence-electron chi connectivity index (χ0n) is 10.7. The van der Waals surface area contributed by atoms with E-state index in [0.29, 0.717) is 36.2 Å². The van der Waals surface area contributed by atoms with Gasteiger partial charge in [0, 0.05) is 30.7 Å². The molecule has 0 aromatic heterocycles. The molecule has 1 aromatic rings. The Morgan fingerprint density at radius 2 is 1.90 bits per heavy atom. The number of rotatable bonds is 3. The fourth-order valence-corrected chi connectivity index (χ4v) is 2.86. The van der Waals surface area contributed by atoms with E-state index in [4.69, 9.17) is 0 Å². The van der Waals surface area contributed by atoms with Gasteiger partial charge in [-0.15, -0.1) is 0 Å². The quantitative estimate of drug-likeness (QED) is 0.837. The van der Waals surface area contributed by atoms with Crippen LogP contribution in [0.25, 0.3) is 0 Å². The first kappa shape index (κ1) is 15.7. The molecular formula is C13H15BrF4N2. The molecule has 0 radical (unpaired) electrons. The van der Waals surface area contributed by atoms with Crippen LogP contribution in [0.15, 0.2) is 22.7 Å². The summed E-state index contributed by atoms with van der Waals surface area (Å²) < 4.78 is 52.2. The molecule has 1 saturated heterocycles. The molecule has 20 heavy (non-hydrogen) atoms. The van der Waals surface area contributed by atoms with Crippen molar-refractivity contribution in [2.45, 2.75) is 12.2 Å². The molecule has 0 unspecified atom stereocenters. The predicted molar refractivity (Wildman–Crippen MR) is 72.3 cm³/mol. The van der Waals surface area contributed by atoms with Gasteiger partial charge in [0.2, 0.25) is 0 Å². The van der Waals surface area contributed by atoms with Crippen molar-refractivity contribution in [3.05, 3.63) is 33.8 Å². The Balaban J connectivity index is 2.32. The number of alkyl halides is 4. The van der Waals surface area contributed by atoms with Gasteiger partial charge in [-0.2, -0.15) is 13.2 Å². The van der Waals surface area contributed by atoms with Gasteiger partial charge in [-0.3, -0.25) is 4.90 Å². The first-order valence-electron chi connectivity index (χ1n) is 6.31. The van der Waals surface area contributed by atoms with Crippen LogP contribution in [0.1, 0.15) is 17.2 Å². The van der Waals surface area contributed by atoms with E-state index in [-0.39, 0.29) is 0 Å². The summed E-state index contributed by atoms with van der Waals surface area (Å²) in [5.74, 6) is 0. The van der Waals surface area contributed by atoms with E-state index in [1.807, 2.05) is 4.90 Å². The maximum Gasteiger partial charge on any atom is 0.416 e. The predicted octanol–water partition coefficient (Wildman–Crippen LogP) is 3.38. The average molecular weight is 355 g/mol. The van der Waals surface area contributed by atoms with Crippen LogP contribution >= 0.6 is 15.9 Å². The van der Waals surface area contributed by atoms with Gasteiger partial charge >= 0.3 is 6.18 Å². The highest BCUT2D eigenvalue weighted by Crippen LogP contribution is 2.35. The molecule has 0 bridgehead atoms. The Labute approximate surface area is 123 Å². The molecule has 1 heterocycles. The molecule has 2 nitrogen and oxygen atoms in total. The van der Waals surface area contributed by atoms with Crippen molar-refractivity contribution >= 4 is 15.9 Å². The first-order chi connectivity index (χ1) is 9.43. The third kappa shape index (κ3) is 3.51. The van der Waals surface area contributed by atoms with Gasteiger partial charge in [-0.25, -0.2) is 4.39 Å². The highest BCUT2D eigenvalue weighted by molar-refractivity contribution is 9.10. The Hall–Kier alpha value is -0.660. The lowest BCUT2D eigenvalue weighted by Crippen LogP contribution is -2.45. The van der Waals surface area contributed by atoms with E-state index in [2.05, 4.69) is 21.2 Å². The Kier molecular flexibility index (Phi) is 5.04. The highest BCUT2D eigenvalue weighted by atomic mass is 79.9. The van der Waals surface area contributed by atoms with Crippen LogP contribution in [0, 0.1) is 0 Å². The van der Waals surface area contributed by atoms with Gasteiger partial charge in [0.15, 0.2) is 0 Å². The number of piperazine rings is 1. The van der Waals surface area contributed by atoms with E-state index >= 15 is 0 Å². The maximum absolute atomic E-state index is 13.4. The molecule has 1 atom stereocenters. The summed E-state index contributed by atoms with van der Waals surface area (Å²) in [5.41, 5.74) is -0.395. The van der Waals surface area contributed by atoms with Crippen LogP contribution in [-0.4, -0.2) is 37.8 Å². The summed E-state index contributed by atoms with van der Waals surface area (Å²) >= 11 is 3.23. The summed E-state index contributed by atoms with van der Waals surface area (Å²) in [5, 5.41) is 3.14. The van der Waals surface area contributed by atoms with Crippen LogP contribution in [0.2, 0.25) is 0 Å². The van der Waals surface area contributed by atoms with Crippen molar-refractivity contribution in [1.82, 2.24) is 10.2 Å². The minimum Gasteiger partial charge on any atom is -0.314 e. The number of nitrogens with one attached hydrogen (secondary N) is 1. The lowest BCUT2D eigenvalue weighted by molar-refractivity contribution is -0.137. The normalized spacial score (nSPS) is 19.1. The molecule has 0 saturated carbocycles. The first-order valence-corrected chi connectivity index (χ1v) is 7.10. The van der Waals surface area contributed by atoms with Crippen LogP contribution in [0.5, 0.6) is 0 Å². The Morgan fingerprint density at radius 1 is 1.25 bits per heavy atom. The van der Waals surface area contributed by atoms with Crippen LogP contribution in [0.3, 0.4) is 0 Å². The molecule has 2 rings (SSSR count). The topological polar surface area (TPSA) is 15.3 Å². The van der Waals surface area contributed by atoms with E-state index < -0.39 is 24.5 Å². The number of halogens is 5. The molecule has 0 amide bonds. The van der Waals surface area contributed by atoms with Gasteiger partial charge in [0.1, 0.15) is 6.67 Å². The molecule has 1 aliphatic rings. The fraction of sp³-hybridized carbons (Fsp3) is 0.538. The minimum absolute atomic E-state index is 0.351. The molecule has 112 valence electrons. The smallest absolute Gasteiger partial charge is 0.314 e. The third-order valence-electron chi connectivity index (χ3n) is 3.42. The lowest BCUT2D eigenvalue weighted by Gasteiger charge is -2.34. The van der Waals surface area contributed by atoms with Gasteiger partial charge < -0.3 is 5.32 Å². The Bertz CT molecular complexity index is 458. The van der Waals surface area contributed by atoms with E-state index in [1.54, 1.807) is 0 Å². The lowest BCUT2D eigenvalue weighted by atomic mass is 10.0. The van der Waals surface area contributed by atoms with Crippen molar-refractivity contribution in [2.75, 3.05) is 32.9 Å². The van der Waals surface area contributed by atoms with Crippen molar-refractivity contribution in [3.63, 3.8) is 0 Å². The number of hydrogen-bond acceptors (Lipinski definition) is 2. The van der Waals surface area contributed by atoms with Crippen LogP contribution in [0.4, 0.5) is 17.6 Å². The van der Waals surface area contributed by atoms with E-state index in [1.165, 1.54) is 6.07 Å². The second-order valence-corrected chi connectivity index (χ2v) is 5.54. The molecule has 1 fully saturated rings. The van der Waals surface area contributed by atoms with Crippen molar-refractivity contribution < 1.29 is 17.6 Å². The third-order valence-corrected chi connectivity index (χ3v) is 4.14. The largest absolute Gasteiger partial charge is 0.416 e. The van der Waals surface area contributed by atoms with Gasteiger partial charge in [0.25, 0.3) is 0 Å². The molecule has 0 spiro atoms. The molecule has 1 aliphatic heterocycles. The Morgan fingerprint density at radius 3 is 2.45 bits per heavy atom. The maximum atomic E-state index is 13.4. The standard InChI is InChI=1S/C13H15BrF4N2/c14-11-2-1-9(13(16,17)18)7-10(11)12(8-15)20-5-3-19-4-6-20/h1-2,7,12,19H,3-6,8H2/t12-/m0/s1. The fourth-order valence-electron chi connectivity index (χ4n) is 2.35. The van der Waals surface area contributed by atoms with Gasteiger partial charge in [-0.05, 0) is 23.8 Å². The summed E-state index contributed by atoms with van der Waals surface area (Å²) in [4.78, 5) is 1.87. The molecule has 1 aromatic carbocycles. The number of nitrogens with zero attached hydrogens (tertiary/aromatic N) is 1. The molecule has 1 N–H and O–H groups in total. The summed E-state index contributed by atoms with van der Waals surface area (Å²) in [6, 6.07) is 2.73. The van der Waals surface area contributed by atoms with Gasteiger partial charge in [0.05, 0.1) is 11.6 Å². The second-order valence-electron chi connectivity index (χ2n) is 4.69. The average Bonchev–Trinajstić information content (AvgIpc) is 2.41. The van der Waals surface area contributed by atoms with Crippen molar-refractivity contribution in [1.29, 1.82) is 0 Å². The number of hydrogen-bond donors (Lipinski definition) is 1. The van der Waals surface area contributed by atoms with Crippen LogP contribution in [-0.2, 0) is 6.18 Å². The second kappa shape index (κ2) is 6.41. The van der Waals surface area contributed by atoms with E-state index in [9.17, 15) is 17.6 Å².